The van der Waals surface area contributed by atoms with Crippen LogP contribution < -0.4 is 15.5 Å². The third kappa shape index (κ3) is 4.58. The molecule has 28 heavy (non-hydrogen) atoms. The number of amides is 3. The van der Waals surface area contributed by atoms with E-state index in [4.69, 9.17) is 21.4 Å². The van der Waals surface area contributed by atoms with Crippen molar-refractivity contribution in [3.05, 3.63) is 48.6 Å². The number of ether oxygens (including phenoxy) is 1. The molecular weight excluding hydrogens is 384 g/mol. The molecule has 1 aromatic carbocycles. The van der Waals surface area contributed by atoms with Gasteiger partial charge < -0.3 is 30.3 Å². The van der Waals surface area contributed by atoms with Crippen LogP contribution in [-0.2, 0) is 4.74 Å². The zero-order valence-corrected chi connectivity index (χ0v) is 16.2. The normalized spacial score (nSPS) is 24.1. The van der Waals surface area contributed by atoms with Gasteiger partial charge in [0.25, 0.3) is 0 Å². The first-order valence-corrected chi connectivity index (χ1v) is 9.29. The lowest BCUT2D eigenvalue weighted by molar-refractivity contribution is 0.0849. The van der Waals surface area contributed by atoms with Crippen LogP contribution in [0.2, 0.25) is 0 Å². The van der Waals surface area contributed by atoms with Gasteiger partial charge in [-0.1, -0.05) is 29.8 Å². The number of carbonyl (C=O) groups is 2. The Balaban J connectivity index is 1.54. The highest BCUT2D eigenvalue weighted by atomic mass is 35.5. The Bertz CT molecular complexity index is 775. The van der Waals surface area contributed by atoms with E-state index < -0.39 is 23.2 Å². The van der Waals surface area contributed by atoms with Crippen LogP contribution >= 0.6 is 11.6 Å². The number of carbonyl (C=O) groups excluding carboxylic acids is 1. The van der Waals surface area contributed by atoms with Crippen LogP contribution in [-0.4, -0.2) is 66.5 Å². The minimum atomic E-state index is -1.12. The number of allylic oxidation sites excluding steroid dienone is 2. The number of nitrogens with zero attached hydrogens (tertiary/aromatic N) is 2. The number of benzene rings is 1. The van der Waals surface area contributed by atoms with E-state index >= 15 is 0 Å². The fourth-order valence-corrected chi connectivity index (χ4v) is 3.36. The van der Waals surface area contributed by atoms with Gasteiger partial charge in [0.05, 0.1) is 6.04 Å². The van der Waals surface area contributed by atoms with E-state index in [1.54, 1.807) is 36.4 Å². The van der Waals surface area contributed by atoms with Crippen molar-refractivity contribution >= 4 is 35.1 Å². The maximum absolute atomic E-state index is 12.3. The maximum Gasteiger partial charge on any atom is 0.407 e. The van der Waals surface area contributed by atoms with Crippen LogP contribution in [0, 0.1) is 0 Å². The summed E-state index contributed by atoms with van der Waals surface area (Å²) in [7, 11) is 1.48. The van der Waals surface area contributed by atoms with Gasteiger partial charge in [0.1, 0.15) is 0 Å². The van der Waals surface area contributed by atoms with Crippen molar-refractivity contribution in [3.63, 3.8) is 0 Å². The van der Waals surface area contributed by atoms with Crippen molar-refractivity contribution in [2.45, 2.75) is 11.1 Å². The SMILES string of the molecule is COC1(Cl)C=CC=CC1NC(=O)Nc1ccc(N2CCN(C(=O)O)CC2)cc1. The highest BCUT2D eigenvalue weighted by molar-refractivity contribution is 6.25. The summed E-state index contributed by atoms with van der Waals surface area (Å²) in [4.78, 5) is 26.8. The molecule has 2 atom stereocenters. The average molecular weight is 407 g/mol. The molecule has 1 heterocycles. The van der Waals surface area contributed by atoms with Crippen LogP contribution in [0.25, 0.3) is 0 Å². The van der Waals surface area contributed by atoms with E-state index in [1.807, 2.05) is 12.1 Å². The van der Waals surface area contributed by atoms with Crippen molar-refractivity contribution in [2.75, 3.05) is 43.5 Å². The number of nitrogens with one attached hydrogen (secondary N) is 2. The largest absolute Gasteiger partial charge is 0.465 e. The molecule has 0 aromatic heterocycles. The zero-order chi connectivity index (χ0) is 20.1. The van der Waals surface area contributed by atoms with Crippen LogP contribution in [0.1, 0.15) is 0 Å². The highest BCUT2D eigenvalue weighted by Gasteiger charge is 2.35. The molecule has 1 aliphatic carbocycles. The van der Waals surface area contributed by atoms with Gasteiger partial charge in [0, 0.05) is 44.7 Å². The molecule has 3 rings (SSSR count). The second-order valence-electron chi connectivity index (χ2n) is 6.53. The van der Waals surface area contributed by atoms with Gasteiger partial charge in [0.15, 0.2) is 5.06 Å². The monoisotopic (exact) mass is 406 g/mol. The number of anilines is 2. The third-order valence-corrected chi connectivity index (χ3v) is 5.32. The van der Waals surface area contributed by atoms with Crippen molar-refractivity contribution < 1.29 is 19.4 Å². The average Bonchev–Trinajstić information content (AvgIpc) is 2.70. The highest BCUT2D eigenvalue weighted by Crippen LogP contribution is 2.27. The molecule has 9 heteroatoms. The smallest absolute Gasteiger partial charge is 0.407 e. The van der Waals surface area contributed by atoms with E-state index in [2.05, 4.69) is 15.5 Å². The Morgan fingerprint density at radius 3 is 2.46 bits per heavy atom. The van der Waals surface area contributed by atoms with Gasteiger partial charge in [-0.3, -0.25) is 0 Å². The molecule has 3 N–H and O–H groups in total. The van der Waals surface area contributed by atoms with Gasteiger partial charge in [-0.15, -0.1) is 0 Å². The van der Waals surface area contributed by atoms with Crippen molar-refractivity contribution in [2.24, 2.45) is 0 Å². The summed E-state index contributed by atoms with van der Waals surface area (Å²) in [6, 6.07) is 6.51. The molecule has 150 valence electrons. The van der Waals surface area contributed by atoms with E-state index in [1.165, 1.54) is 12.0 Å². The second-order valence-corrected chi connectivity index (χ2v) is 7.12. The summed E-state index contributed by atoms with van der Waals surface area (Å²) in [5.41, 5.74) is 1.62. The quantitative estimate of drug-likeness (QED) is 0.668. The summed E-state index contributed by atoms with van der Waals surface area (Å²) >= 11 is 6.36. The number of piperazine rings is 1. The first-order valence-electron chi connectivity index (χ1n) is 8.92. The molecule has 3 amide bonds. The van der Waals surface area contributed by atoms with E-state index in [0.717, 1.165) is 5.69 Å². The van der Waals surface area contributed by atoms with Crippen molar-refractivity contribution in [1.82, 2.24) is 10.2 Å². The Hall–Kier alpha value is -2.71. The Kier molecular flexibility index (Phi) is 6.11. The second kappa shape index (κ2) is 8.53. The molecule has 1 aliphatic heterocycles. The van der Waals surface area contributed by atoms with E-state index in [-0.39, 0.29) is 0 Å². The molecule has 0 spiro atoms. The molecule has 1 saturated heterocycles. The minimum Gasteiger partial charge on any atom is -0.465 e. The van der Waals surface area contributed by atoms with Crippen LogP contribution in [0.4, 0.5) is 21.0 Å². The lowest BCUT2D eigenvalue weighted by atomic mass is 10.1. The first kappa shape index (κ1) is 20.0. The van der Waals surface area contributed by atoms with Gasteiger partial charge >= 0.3 is 12.1 Å². The summed E-state index contributed by atoms with van der Waals surface area (Å²) < 4.78 is 5.29. The Labute approximate surface area is 168 Å². The molecule has 2 unspecified atom stereocenters. The van der Waals surface area contributed by atoms with Gasteiger partial charge in [-0.2, -0.15) is 0 Å². The molecule has 2 aliphatic rings. The van der Waals surface area contributed by atoms with E-state index in [0.29, 0.717) is 31.9 Å². The minimum absolute atomic E-state index is 0.394. The Morgan fingerprint density at radius 2 is 1.86 bits per heavy atom. The third-order valence-electron chi connectivity index (χ3n) is 4.80. The van der Waals surface area contributed by atoms with Gasteiger partial charge in [0.2, 0.25) is 0 Å². The number of urea groups is 1. The van der Waals surface area contributed by atoms with Crippen LogP contribution in [0.5, 0.6) is 0 Å². The number of methoxy groups -OCH3 is 1. The summed E-state index contributed by atoms with van der Waals surface area (Å²) in [5.74, 6) is 0. The molecule has 0 bridgehead atoms. The number of carboxylic acid groups (broad SMARTS) is 1. The zero-order valence-electron chi connectivity index (χ0n) is 15.5. The van der Waals surface area contributed by atoms with Crippen LogP contribution in [0.15, 0.2) is 48.6 Å². The number of halogens is 1. The maximum atomic E-state index is 12.3. The van der Waals surface area contributed by atoms with Crippen molar-refractivity contribution in [1.29, 1.82) is 0 Å². The molecule has 1 fully saturated rings. The Morgan fingerprint density at radius 1 is 1.18 bits per heavy atom. The van der Waals surface area contributed by atoms with Crippen molar-refractivity contribution in [3.8, 4) is 0 Å². The number of hydrogen-bond donors (Lipinski definition) is 3. The van der Waals surface area contributed by atoms with Gasteiger partial charge in [-0.05, 0) is 30.3 Å². The summed E-state index contributed by atoms with van der Waals surface area (Å²) in [5, 5.41) is 13.5. The molecule has 0 radical (unpaired) electrons. The molecule has 8 nitrogen and oxygen atoms in total. The van der Waals surface area contributed by atoms with Gasteiger partial charge in [-0.25, -0.2) is 9.59 Å². The molecule has 1 aromatic rings. The molecular formula is C19H23ClN4O4. The predicted molar refractivity (Wildman–Crippen MR) is 108 cm³/mol. The number of hydrogen-bond acceptors (Lipinski definition) is 4. The summed E-state index contributed by atoms with van der Waals surface area (Å²) in [6.07, 6.45) is 6.11. The topological polar surface area (TPSA) is 94.1 Å². The lowest BCUT2D eigenvalue weighted by Gasteiger charge is -2.34. The van der Waals surface area contributed by atoms with E-state index in [9.17, 15) is 9.59 Å². The fourth-order valence-electron chi connectivity index (χ4n) is 3.16. The molecule has 0 saturated carbocycles. The fraction of sp³-hybridized carbons (Fsp3) is 0.368. The standard InChI is InChI=1S/C19H23ClN4O4/c1-28-19(20)9-3-2-4-16(19)22-17(25)21-14-5-7-15(8-6-14)23-10-12-24(13-11-23)18(26)27/h2-9,16H,10-13H2,1H3,(H,26,27)(H2,21,22,25). The lowest BCUT2D eigenvalue weighted by Crippen LogP contribution is -2.50. The predicted octanol–water partition coefficient (Wildman–Crippen LogP) is 2.68. The summed E-state index contributed by atoms with van der Waals surface area (Å²) in [6.45, 7) is 2.22. The number of rotatable bonds is 4. The first-order chi connectivity index (χ1) is 13.4. The number of alkyl halides is 1. The van der Waals surface area contributed by atoms with Crippen LogP contribution in [0.3, 0.4) is 0 Å².